The fourth-order valence-corrected chi connectivity index (χ4v) is 3.85. The first-order valence-corrected chi connectivity index (χ1v) is 11.1. The third kappa shape index (κ3) is 7.10. The molecule has 0 bridgehead atoms. The lowest BCUT2D eigenvalue weighted by atomic mass is 9.95. The van der Waals surface area contributed by atoms with Crippen LogP contribution in [0.2, 0.25) is 0 Å². The van der Waals surface area contributed by atoms with E-state index in [1.54, 1.807) is 0 Å². The maximum atomic E-state index is 13.0. The molecule has 6 heteroatoms. The molecule has 1 aliphatic rings. The van der Waals surface area contributed by atoms with Gasteiger partial charge in [-0.1, -0.05) is 60.7 Å². The molecule has 6 nitrogen and oxygen atoms in total. The number of hydrogen-bond donors (Lipinski definition) is 2. The van der Waals surface area contributed by atoms with E-state index in [2.05, 4.69) is 29.4 Å². The van der Waals surface area contributed by atoms with Gasteiger partial charge in [-0.15, -0.1) is 0 Å². The molecule has 31 heavy (non-hydrogen) atoms. The summed E-state index contributed by atoms with van der Waals surface area (Å²) in [4.78, 5) is 27.8. The van der Waals surface area contributed by atoms with Crippen LogP contribution in [0.15, 0.2) is 60.7 Å². The molecule has 1 atom stereocenters. The predicted octanol–water partition coefficient (Wildman–Crippen LogP) is 3.89. The minimum atomic E-state index is -0.791. The van der Waals surface area contributed by atoms with Crippen molar-refractivity contribution in [3.63, 3.8) is 0 Å². The lowest BCUT2D eigenvalue weighted by Crippen LogP contribution is -2.44. The molecule has 166 valence electrons. The number of rotatable bonds is 8. The van der Waals surface area contributed by atoms with Gasteiger partial charge in [-0.25, -0.2) is 4.79 Å². The van der Waals surface area contributed by atoms with Crippen molar-refractivity contribution >= 4 is 12.0 Å². The zero-order chi connectivity index (χ0) is 22.1. The second-order valence-corrected chi connectivity index (χ2v) is 8.37. The van der Waals surface area contributed by atoms with Gasteiger partial charge in [0.25, 0.3) is 0 Å². The maximum absolute atomic E-state index is 13.0. The number of piperidine rings is 1. The highest BCUT2D eigenvalue weighted by atomic mass is 16.5. The van der Waals surface area contributed by atoms with Gasteiger partial charge >= 0.3 is 6.09 Å². The molecule has 1 aliphatic heterocycles. The Hall–Kier alpha value is -2.86. The van der Waals surface area contributed by atoms with Gasteiger partial charge in [-0.2, -0.15) is 0 Å². The number of nitrogens with zero attached hydrogens (tertiary/aromatic N) is 1. The molecule has 0 unspecified atom stereocenters. The van der Waals surface area contributed by atoms with Crippen molar-refractivity contribution in [1.82, 2.24) is 15.5 Å². The van der Waals surface area contributed by atoms with Crippen LogP contribution < -0.4 is 10.6 Å². The fourth-order valence-electron chi connectivity index (χ4n) is 3.85. The quantitative estimate of drug-likeness (QED) is 0.676. The van der Waals surface area contributed by atoms with Gasteiger partial charge in [0.2, 0.25) is 5.91 Å². The SMILES string of the molecule is CC(C)N1CCC(CNC(=O)[C@H](NC(=O)OCc2ccccc2)c2ccccc2)CC1. The van der Waals surface area contributed by atoms with Crippen molar-refractivity contribution < 1.29 is 14.3 Å². The van der Waals surface area contributed by atoms with E-state index in [1.807, 2.05) is 60.7 Å². The predicted molar refractivity (Wildman–Crippen MR) is 121 cm³/mol. The Morgan fingerprint density at radius 3 is 2.23 bits per heavy atom. The number of hydrogen-bond acceptors (Lipinski definition) is 4. The number of carbonyl (C=O) groups is 2. The Kier molecular flexibility index (Phi) is 8.47. The van der Waals surface area contributed by atoms with E-state index in [4.69, 9.17) is 4.74 Å². The number of carbonyl (C=O) groups excluding carboxylic acids is 2. The summed E-state index contributed by atoms with van der Waals surface area (Å²) in [6.07, 6.45) is 1.53. The van der Waals surface area contributed by atoms with Gasteiger partial charge in [0.15, 0.2) is 0 Å². The first kappa shape index (κ1) is 22.8. The normalized spacial score (nSPS) is 16.0. The lowest BCUT2D eigenvalue weighted by Gasteiger charge is -2.34. The zero-order valence-corrected chi connectivity index (χ0v) is 18.4. The number of alkyl carbamates (subject to hydrolysis) is 1. The Balaban J connectivity index is 1.54. The van der Waals surface area contributed by atoms with Crippen LogP contribution in [0.4, 0.5) is 4.79 Å². The molecule has 2 N–H and O–H groups in total. The van der Waals surface area contributed by atoms with E-state index in [0.29, 0.717) is 18.5 Å². The Labute approximate surface area is 185 Å². The van der Waals surface area contributed by atoms with Crippen LogP contribution >= 0.6 is 0 Å². The Morgan fingerprint density at radius 1 is 1.00 bits per heavy atom. The van der Waals surface area contributed by atoms with Crippen LogP contribution in [0.25, 0.3) is 0 Å². The summed E-state index contributed by atoms with van der Waals surface area (Å²) in [6, 6.07) is 18.5. The average Bonchev–Trinajstić information content (AvgIpc) is 2.81. The van der Waals surface area contributed by atoms with Crippen LogP contribution in [-0.4, -0.2) is 42.6 Å². The molecular formula is C25H33N3O3. The summed E-state index contributed by atoms with van der Waals surface area (Å²) >= 11 is 0. The molecule has 2 aromatic carbocycles. The minimum absolute atomic E-state index is 0.157. The molecule has 3 rings (SSSR count). The van der Waals surface area contributed by atoms with Crippen molar-refractivity contribution in [3.05, 3.63) is 71.8 Å². The second-order valence-electron chi connectivity index (χ2n) is 8.37. The first-order chi connectivity index (χ1) is 15.0. The molecule has 1 heterocycles. The third-order valence-electron chi connectivity index (χ3n) is 5.81. The molecule has 1 saturated heterocycles. The third-order valence-corrected chi connectivity index (χ3v) is 5.81. The summed E-state index contributed by atoms with van der Waals surface area (Å²) in [5.74, 6) is 0.245. The van der Waals surface area contributed by atoms with Gasteiger partial charge in [-0.05, 0) is 56.8 Å². The van der Waals surface area contributed by atoms with Crippen LogP contribution in [0, 0.1) is 5.92 Å². The molecule has 0 aromatic heterocycles. The molecule has 2 aromatic rings. The van der Waals surface area contributed by atoms with Crippen molar-refractivity contribution in [3.8, 4) is 0 Å². The topological polar surface area (TPSA) is 70.7 Å². The molecule has 2 amide bonds. The Bertz CT molecular complexity index is 818. The van der Waals surface area contributed by atoms with E-state index in [0.717, 1.165) is 37.1 Å². The van der Waals surface area contributed by atoms with E-state index in [-0.39, 0.29) is 12.5 Å². The van der Waals surface area contributed by atoms with Crippen LogP contribution in [-0.2, 0) is 16.1 Å². The van der Waals surface area contributed by atoms with Gasteiger partial charge in [0.05, 0.1) is 0 Å². The van der Waals surface area contributed by atoms with Crippen molar-refractivity contribution in [2.75, 3.05) is 19.6 Å². The molecule has 0 aliphatic carbocycles. The summed E-state index contributed by atoms with van der Waals surface area (Å²) in [7, 11) is 0. The Morgan fingerprint density at radius 2 is 1.61 bits per heavy atom. The molecular weight excluding hydrogens is 390 g/mol. The number of benzene rings is 2. The van der Waals surface area contributed by atoms with Gasteiger partial charge in [0.1, 0.15) is 12.6 Å². The van der Waals surface area contributed by atoms with Gasteiger partial charge in [0, 0.05) is 12.6 Å². The van der Waals surface area contributed by atoms with E-state index in [1.165, 1.54) is 0 Å². The monoisotopic (exact) mass is 423 g/mol. The minimum Gasteiger partial charge on any atom is -0.445 e. The van der Waals surface area contributed by atoms with Gasteiger partial charge in [-0.3, -0.25) is 4.79 Å². The van der Waals surface area contributed by atoms with Crippen molar-refractivity contribution in [1.29, 1.82) is 0 Å². The highest BCUT2D eigenvalue weighted by molar-refractivity contribution is 5.86. The van der Waals surface area contributed by atoms with Crippen LogP contribution in [0.1, 0.15) is 43.9 Å². The van der Waals surface area contributed by atoms with Gasteiger partial charge < -0.3 is 20.3 Å². The largest absolute Gasteiger partial charge is 0.445 e. The number of amides is 2. The van der Waals surface area contributed by atoms with Crippen LogP contribution in [0.5, 0.6) is 0 Å². The van der Waals surface area contributed by atoms with E-state index in [9.17, 15) is 9.59 Å². The standard InChI is InChI=1S/C25H33N3O3/c1-19(2)28-15-13-20(14-16-28)17-26-24(29)23(22-11-7-4-8-12-22)27-25(30)31-18-21-9-5-3-6-10-21/h3-12,19-20,23H,13-18H2,1-2H3,(H,26,29)(H,27,30)/t23-/m1/s1. The molecule has 0 spiro atoms. The highest BCUT2D eigenvalue weighted by Crippen LogP contribution is 2.19. The van der Waals surface area contributed by atoms with E-state index < -0.39 is 12.1 Å². The number of ether oxygens (including phenoxy) is 1. The summed E-state index contributed by atoms with van der Waals surface area (Å²) in [6.45, 7) is 7.33. The number of likely N-dealkylation sites (tertiary alicyclic amines) is 1. The lowest BCUT2D eigenvalue weighted by molar-refractivity contribution is -0.123. The molecule has 0 saturated carbocycles. The van der Waals surface area contributed by atoms with Crippen molar-refractivity contribution in [2.45, 2.75) is 45.4 Å². The first-order valence-electron chi connectivity index (χ1n) is 11.1. The van der Waals surface area contributed by atoms with Crippen molar-refractivity contribution in [2.24, 2.45) is 5.92 Å². The highest BCUT2D eigenvalue weighted by Gasteiger charge is 2.26. The summed E-state index contributed by atoms with van der Waals surface area (Å²) in [5.41, 5.74) is 1.62. The molecule has 1 fully saturated rings. The summed E-state index contributed by atoms with van der Waals surface area (Å²) < 4.78 is 5.32. The van der Waals surface area contributed by atoms with Crippen LogP contribution in [0.3, 0.4) is 0 Å². The second kappa shape index (κ2) is 11.5. The maximum Gasteiger partial charge on any atom is 0.408 e. The molecule has 0 radical (unpaired) electrons. The van der Waals surface area contributed by atoms with E-state index >= 15 is 0 Å². The fraction of sp³-hybridized carbons (Fsp3) is 0.440. The average molecular weight is 424 g/mol. The summed E-state index contributed by atoms with van der Waals surface area (Å²) in [5, 5.41) is 5.78. The smallest absolute Gasteiger partial charge is 0.408 e. The number of nitrogens with one attached hydrogen (secondary N) is 2. The zero-order valence-electron chi connectivity index (χ0n) is 18.4.